The Labute approximate surface area is 88.1 Å². The number of para-hydroxylation sites is 1. The monoisotopic (exact) mass is 212 g/mol. The Morgan fingerprint density at radius 3 is 2.33 bits per heavy atom. The molecule has 82 valence electrons. The van der Waals surface area contributed by atoms with Crippen LogP contribution in [0.3, 0.4) is 0 Å². The maximum Gasteiger partial charge on any atom is 0.249 e. The highest BCUT2D eigenvalue weighted by Gasteiger charge is 2.53. The molecule has 0 amide bonds. The van der Waals surface area contributed by atoms with Gasteiger partial charge in [-0.3, -0.25) is 0 Å². The Hall–Kier alpha value is -1.12. The Morgan fingerprint density at radius 1 is 1.20 bits per heavy atom. The van der Waals surface area contributed by atoms with Crippen LogP contribution in [0.1, 0.15) is 19.8 Å². The van der Waals surface area contributed by atoms with Crippen molar-refractivity contribution >= 4 is 0 Å². The van der Waals surface area contributed by atoms with Crippen molar-refractivity contribution in [3.05, 3.63) is 30.3 Å². The van der Waals surface area contributed by atoms with E-state index in [1.54, 1.807) is 0 Å². The minimum absolute atomic E-state index is 0.0627. The van der Waals surface area contributed by atoms with Crippen molar-refractivity contribution in [3.8, 4) is 5.75 Å². The Balaban J connectivity index is 1.85. The lowest BCUT2D eigenvalue weighted by Crippen LogP contribution is -2.47. The first kappa shape index (κ1) is 10.4. The van der Waals surface area contributed by atoms with Gasteiger partial charge in [0, 0.05) is 18.3 Å². The molecule has 2 rings (SSSR count). The first-order chi connectivity index (χ1) is 6.99. The number of hydrogen-bond donors (Lipinski definition) is 0. The SMILES string of the molecule is CC1(COc2ccccc2)CC(F)(F)C1. The van der Waals surface area contributed by atoms with Crippen LogP contribution in [0, 0.1) is 5.41 Å². The zero-order chi connectivity index (χ0) is 10.9. The summed E-state index contributed by atoms with van der Waals surface area (Å²) in [7, 11) is 0. The Bertz CT molecular complexity index is 327. The van der Waals surface area contributed by atoms with Crippen molar-refractivity contribution < 1.29 is 13.5 Å². The number of rotatable bonds is 3. The molecule has 1 nitrogen and oxygen atoms in total. The van der Waals surface area contributed by atoms with Crippen molar-refractivity contribution in [2.75, 3.05) is 6.61 Å². The topological polar surface area (TPSA) is 9.23 Å². The summed E-state index contributed by atoms with van der Waals surface area (Å²) >= 11 is 0. The number of ether oxygens (including phenoxy) is 1. The van der Waals surface area contributed by atoms with Crippen LogP contribution in [0.25, 0.3) is 0 Å². The van der Waals surface area contributed by atoms with Crippen LogP contribution in [0.4, 0.5) is 8.78 Å². The zero-order valence-corrected chi connectivity index (χ0v) is 8.67. The number of alkyl halides is 2. The summed E-state index contributed by atoms with van der Waals surface area (Å²) in [6, 6.07) is 9.30. The fraction of sp³-hybridized carbons (Fsp3) is 0.500. The fourth-order valence-electron chi connectivity index (χ4n) is 2.07. The van der Waals surface area contributed by atoms with Gasteiger partial charge in [-0.1, -0.05) is 25.1 Å². The molecule has 0 atom stereocenters. The van der Waals surface area contributed by atoms with Crippen LogP contribution in [0.15, 0.2) is 30.3 Å². The van der Waals surface area contributed by atoms with Gasteiger partial charge in [-0.2, -0.15) is 0 Å². The second kappa shape index (κ2) is 3.47. The Morgan fingerprint density at radius 2 is 1.80 bits per heavy atom. The van der Waals surface area contributed by atoms with E-state index in [0.29, 0.717) is 6.61 Å². The average Bonchev–Trinajstić information content (AvgIpc) is 2.13. The van der Waals surface area contributed by atoms with Gasteiger partial charge in [0.25, 0.3) is 0 Å². The molecule has 1 aliphatic rings. The van der Waals surface area contributed by atoms with E-state index >= 15 is 0 Å². The van der Waals surface area contributed by atoms with Crippen molar-refractivity contribution in [2.45, 2.75) is 25.7 Å². The van der Waals surface area contributed by atoms with E-state index < -0.39 is 5.92 Å². The molecule has 15 heavy (non-hydrogen) atoms. The van der Waals surface area contributed by atoms with Crippen LogP contribution >= 0.6 is 0 Å². The standard InChI is InChI=1S/C12H14F2O/c1-11(7-12(13,14)8-11)9-15-10-5-3-2-4-6-10/h2-6H,7-9H2,1H3. The third kappa shape index (κ3) is 2.46. The molecule has 0 spiro atoms. The molecule has 1 aromatic rings. The predicted molar refractivity (Wildman–Crippen MR) is 54.2 cm³/mol. The molecule has 0 bridgehead atoms. The Kier molecular flexibility index (Phi) is 2.41. The van der Waals surface area contributed by atoms with Gasteiger partial charge in [0.2, 0.25) is 5.92 Å². The second-order valence-corrected chi connectivity index (χ2v) is 4.62. The molecule has 0 aromatic heterocycles. The highest BCUT2D eigenvalue weighted by atomic mass is 19.3. The summed E-state index contributed by atoms with van der Waals surface area (Å²) in [6.45, 7) is 2.21. The summed E-state index contributed by atoms with van der Waals surface area (Å²) in [4.78, 5) is 0. The maximum atomic E-state index is 12.7. The van der Waals surface area contributed by atoms with Gasteiger partial charge >= 0.3 is 0 Å². The first-order valence-electron chi connectivity index (χ1n) is 5.05. The molecule has 0 saturated heterocycles. The van der Waals surface area contributed by atoms with Gasteiger partial charge in [-0.25, -0.2) is 8.78 Å². The number of halogens is 2. The van der Waals surface area contributed by atoms with Crippen LogP contribution in [-0.2, 0) is 0 Å². The summed E-state index contributed by atoms with van der Waals surface area (Å²) in [6.07, 6.45) is -0.125. The number of benzene rings is 1. The third-order valence-electron chi connectivity index (χ3n) is 2.70. The lowest BCUT2D eigenvalue weighted by Gasteiger charge is -2.44. The van der Waals surface area contributed by atoms with Crippen LogP contribution in [0.2, 0.25) is 0 Å². The van der Waals surface area contributed by atoms with E-state index in [2.05, 4.69) is 0 Å². The quantitative estimate of drug-likeness (QED) is 0.745. The van der Waals surface area contributed by atoms with E-state index in [9.17, 15) is 8.78 Å². The van der Waals surface area contributed by atoms with Gasteiger partial charge in [-0.05, 0) is 12.1 Å². The highest BCUT2D eigenvalue weighted by Crippen LogP contribution is 2.51. The molecule has 1 aromatic carbocycles. The molecule has 1 fully saturated rings. The molecular formula is C12H14F2O. The van der Waals surface area contributed by atoms with Crippen LogP contribution < -0.4 is 4.74 Å². The van der Waals surface area contributed by atoms with Crippen molar-refractivity contribution in [2.24, 2.45) is 5.41 Å². The zero-order valence-electron chi connectivity index (χ0n) is 8.67. The van der Waals surface area contributed by atoms with E-state index in [4.69, 9.17) is 4.74 Å². The van der Waals surface area contributed by atoms with E-state index in [0.717, 1.165) is 5.75 Å². The molecule has 0 heterocycles. The molecule has 0 aliphatic heterocycles. The largest absolute Gasteiger partial charge is 0.493 e. The molecule has 0 N–H and O–H groups in total. The predicted octanol–water partition coefficient (Wildman–Crippen LogP) is 3.50. The van der Waals surface area contributed by atoms with Crippen LogP contribution in [0.5, 0.6) is 5.75 Å². The lowest BCUT2D eigenvalue weighted by atomic mass is 9.68. The first-order valence-corrected chi connectivity index (χ1v) is 5.05. The van der Waals surface area contributed by atoms with Crippen molar-refractivity contribution in [1.29, 1.82) is 0 Å². The molecule has 1 aliphatic carbocycles. The van der Waals surface area contributed by atoms with Gasteiger partial charge in [0.1, 0.15) is 5.75 Å². The smallest absolute Gasteiger partial charge is 0.249 e. The van der Waals surface area contributed by atoms with Crippen molar-refractivity contribution in [1.82, 2.24) is 0 Å². The summed E-state index contributed by atoms with van der Waals surface area (Å²) in [5, 5.41) is 0. The fourth-order valence-corrected chi connectivity index (χ4v) is 2.07. The lowest BCUT2D eigenvalue weighted by molar-refractivity contribution is -0.164. The van der Waals surface area contributed by atoms with Crippen molar-refractivity contribution in [3.63, 3.8) is 0 Å². The molecule has 0 radical (unpaired) electrons. The summed E-state index contributed by atoms with van der Waals surface area (Å²) < 4.78 is 30.9. The third-order valence-corrected chi connectivity index (χ3v) is 2.70. The minimum Gasteiger partial charge on any atom is -0.493 e. The minimum atomic E-state index is -2.48. The maximum absolute atomic E-state index is 12.7. The summed E-state index contributed by atoms with van der Waals surface area (Å²) in [5.74, 6) is -1.73. The molecular weight excluding hydrogens is 198 g/mol. The van der Waals surface area contributed by atoms with Gasteiger partial charge in [0.05, 0.1) is 6.61 Å². The number of hydrogen-bond acceptors (Lipinski definition) is 1. The van der Waals surface area contributed by atoms with Crippen LogP contribution in [-0.4, -0.2) is 12.5 Å². The molecule has 0 unspecified atom stereocenters. The van der Waals surface area contributed by atoms with Gasteiger partial charge in [0.15, 0.2) is 0 Å². The van der Waals surface area contributed by atoms with E-state index in [1.165, 1.54) is 0 Å². The molecule has 3 heteroatoms. The highest BCUT2D eigenvalue weighted by molar-refractivity contribution is 5.21. The summed E-state index contributed by atoms with van der Waals surface area (Å²) in [5.41, 5.74) is -0.362. The van der Waals surface area contributed by atoms with Gasteiger partial charge in [-0.15, -0.1) is 0 Å². The van der Waals surface area contributed by atoms with Gasteiger partial charge < -0.3 is 4.74 Å². The van der Waals surface area contributed by atoms with E-state index in [-0.39, 0.29) is 18.3 Å². The average molecular weight is 212 g/mol. The second-order valence-electron chi connectivity index (χ2n) is 4.62. The molecule has 1 saturated carbocycles. The van der Waals surface area contributed by atoms with E-state index in [1.807, 2.05) is 37.3 Å². The normalized spacial score (nSPS) is 21.8.